The minimum Gasteiger partial charge on any atom is -0.481 e. The summed E-state index contributed by atoms with van der Waals surface area (Å²) in [6.07, 6.45) is 2.56. The number of aromatic nitrogens is 6. The molecule has 2 N–H and O–H groups in total. The first-order valence-corrected chi connectivity index (χ1v) is 11.3. The molecule has 1 aliphatic heterocycles. The van der Waals surface area contributed by atoms with Crippen molar-refractivity contribution in [3.8, 4) is 11.0 Å². The van der Waals surface area contributed by atoms with Crippen LogP contribution in [0.1, 0.15) is 15.9 Å². The van der Waals surface area contributed by atoms with Crippen LogP contribution in [0.15, 0.2) is 29.5 Å². The predicted octanol–water partition coefficient (Wildman–Crippen LogP) is 1.06. The van der Waals surface area contributed by atoms with Crippen LogP contribution < -0.4 is 20.4 Å². The number of pyridine rings is 2. The van der Waals surface area contributed by atoms with Gasteiger partial charge in [0.05, 0.1) is 18.4 Å². The summed E-state index contributed by atoms with van der Waals surface area (Å²) >= 11 is 1.05. The number of aromatic carboxylic acids is 1. The molecule has 0 aromatic carbocycles. The van der Waals surface area contributed by atoms with Crippen LogP contribution in [-0.4, -0.2) is 65.9 Å². The molecule has 0 unspecified atom stereocenters. The normalized spacial score (nSPS) is 13.6. The Labute approximate surface area is 201 Å². The van der Waals surface area contributed by atoms with E-state index in [4.69, 9.17) is 4.74 Å². The minimum atomic E-state index is -1.33. The van der Waals surface area contributed by atoms with Crippen molar-refractivity contribution in [1.82, 2.24) is 28.7 Å². The molecule has 180 valence electrons. The van der Waals surface area contributed by atoms with Gasteiger partial charge >= 0.3 is 5.97 Å². The number of carbonyl (C=O) groups is 2. The average molecular weight is 497 g/mol. The minimum absolute atomic E-state index is 0.170. The lowest BCUT2D eigenvalue weighted by Crippen LogP contribution is -2.52. The predicted molar refractivity (Wildman–Crippen MR) is 127 cm³/mol. The molecule has 4 aromatic rings. The molecule has 0 radical (unpaired) electrons. The highest BCUT2D eigenvalue weighted by atomic mass is 32.1. The van der Waals surface area contributed by atoms with E-state index in [-0.39, 0.29) is 28.4 Å². The lowest BCUT2D eigenvalue weighted by Gasteiger charge is -2.39. The van der Waals surface area contributed by atoms with E-state index in [1.165, 1.54) is 28.9 Å². The number of methoxy groups -OCH3 is 1. The molecule has 0 atom stereocenters. The van der Waals surface area contributed by atoms with Crippen LogP contribution in [0.5, 0.6) is 5.88 Å². The van der Waals surface area contributed by atoms with Gasteiger partial charge in [0.1, 0.15) is 17.7 Å². The van der Waals surface area contributed by atoms with Gasteiger partial charge in [-0.2, -0.15) is 9.47 Å². The maximum atomic E-state index is 12.9. The summed E-state index contributed by atoms with van der Waals surface area (Å²) in [6, 6.07) is 3.36. The first-order valence-electron chi connectivity index (χ1n) is 10.5. The number of aryl methyl sites for hydroxylation is 2. The van der Waals surface area contributed by atoms with Crippen molar-refractivity contribution in [2.24, 2.45) is 13.0 Å². The molecule has 1 fully saturated rings. The Kier molecular flexibility index (Phi) is 5.43. The van der Waals surface area contributed by atoms with Gasteiger partial charge in [-0.3, -0.25) is 14.2 Å². The Morgan fingerprint density at radius 2 is 2.06 bits per heavy atom. The van der Waals surface area contributed by atoms with Crippen LogP contribution in [-0.2, 0) is 11.8 Å². The Hall–Kier alpha value is -4.33. The van der Waals surface area contributed by atoms with Gasteiger partial charge in [-0.15, -0.1) is 0 Å². The fourth-order valence-electron chi connectivity index (χ4n) is 3.97. The van der Waals surface area contributed by atoms with Gasteiger partial charge in [-0.25, -0.2) is 19.4 Å². The zero-order valence-electron chi connectivity index (χ0n) is 18.9. The smallest absolute Gasteiger partial charge is 0.341 e. The average Bonchev–Trinajstić information content (AvgIpc) is 3.42. The zero-order valence-corrected chi connectivity index (χ0v) is 19.7. The molecule has 1 amide bonds. The fraction of sp³-hybridized carbons (Fsp3) is 0.286. The molecule has 0 spiro atoms. The van der Waals surface area contributed by atoms with Crippen molar-refractivity contribution in [2.75, 3.05) is 30.4 Å². The topological polar surface area (TPSA) is 157 Å². The van der Waals surface area contributed by atoms with E-state index < -0.39 is 11.4 Å². The lowest BCUT2D eigenvalue weighted by molar-refractivity contribution is -0.120. The summed E-state index contributed by atoms with van der Waals surface area (Å²) in [5, 5.41) is 17.1. The standard InChI is InChI=1S/C21H20N8O5S/c1-10-4-14(28-6-11(7-28)19(31)24-13-5-15(34-3)27(2)26-13)25-18-16(10)17(30)12(20(32)33)8-29(18)21-22-9-23-35-21/h4-5,8-9,11H,6-7H2,1-3H3,(H,32,33)(H,24,26,31). The van der Waals surface area contributed by atoms with E-state index in [0.29, 0.717) is 41.3 Å². The molecule has 5 heterocycles. The SMILES string of the molecule is COc1cc(NC(=O)C2CN(c3cc(C)c4c(=O)c(C(=O)O)cn(-c5ncns5)c4n3)C2)nn1C. The number of hydrogen-bond donors (Lipinski definition) is 2. The monoisotopic (exact) mass is 496 g/mol. The Morgan fingerprint density at radius 1 is 1.29 bits per heavy atom. The summed E-state index contributed by atoms with van der Waals surface area (Å²) in [5.41, 5.74) is -0.140. The second-order valence-corrected chi connectivity index (χ2v) is 8.81. The van der Waals surface area contributed by atoms with Crippen molar-refractivity contribution in [3.63, 3.8) is 0 Å². The molecule has 1 saturated heterocycles. The number of hydrogen-bond acceptors (Lipinski definition) is 10. The molecule has 14 heteroatoms. The van der Waals surface area contributed by atoms with Crippen LogP contribution in [0, 0.1) is 12.8 Å². The Bertz CT molecular complexity index is 1520. The highest BCUT2D eigenvalue weighted by Crippen LogP contribution is 2.29. The van der Waals surface area contributed by atoms with Crippen molar-refractivity contribution in [3.05, 3.63) is 46.0 Å². The number of carbonyl (C=O) groups excluding carboxylic acids is 1. The molecule has 1 aliphatic rings. The molecule has 35 heavy (non-hydrogen) atoms. The number of carboxylic acids is 1. The van der Waals surface area contributed by atoms with Crippen molar-refractivity contribution in [1.29, 1.82) is 0 Å². The first kappa shape index (κ1) is 22.5. The Morgan fingerprint density at radius 3 is 2.69 bits per heavy atom. The third kappa shape index (κ3) is 3.86. The summed E-state index contributed by atoms with van der Waals surface area (Å²) in [6.45, 7) is 2.57. The quantitative estimate of drug-likeness (QED) is 0.395. The molecule has 0 aliphatic carbocycles. The largest absolute Gasteiger partial charge is 0.481 e. The van der Waals surface area contributed by atoms with Gasteiger partial charge in [-0.05, 0) is 18.6 Å². The number of rotatable bonds is 6. The molecule has 0 bridgehead atoms. The van der Waals surface area contributed by atoms with Gasteiger partial charge in [0, 0.05) is 43.9 Å². The van der Waals surface area contributed by atoms with Crippen LogP contribution in [0.3, 0.4) is 0 Å². The van der Waals surface area contributed by atoms with Crippen LogP contribution >= 0.6 is 11.5 Å². The van der Waals surface area contributed by atoms with E-state index in [2.05, 4.69) is 24.8 Å². The number of amides is 1. The molecular formula is C21H20N8O5S. The lowest BCUT2D eigenvalue weighted by atomic mass is 9.98. The summed E-state index contributed by atoms with van der Waals surface area (Å²) in [7, 11) is 3.24. The summed E-state index contributed by atoms with van der Waals surface area (Å²) in [4.78, 5) is 47.9. The zero-order chi connectivity index (χ0) is 24.9. The highest BCUT2D eigenvalue weighted by molar-refractivity contribution is 7.08. The van der Waals surface area contributed by atoms with Crippen molar-refractivity contribution >= 4 is 46.1 Å². The maximum absolute atomic E-state index is 12.9. The number of nitrogens with one attached hydrogen (secondary N) is 1. The van der Waals surface area contributed by atoms with Gasteiger partial charge in [-0.1, -0.05) is 0 Å². The second kappa shape index (κ2) is 8.47. The number of anilines is 2. The van der Waals surface area contributed by atoms with Crippen LogP contribution in [0.4, 0.5) is 11.6 Å². The van der Waals surface area contributed by atoms with E-state index >= 15 is 0 Å². The van der Waals surface area contributed by atoms with E-state index in [9.17, 15) is 19.5 Å². The third-order valence-corrected chi connectivity index (χ3v) is 6.47. The van der Waals surface area contributed by atoms with Gasteiger partial charge in [0.25, 0.3) is 0 Å². The number of fused-ring (bicyclic) bond motifs is 1. The molecule has 5 rings (SSSR count). The summed E-state index contributed by atoms with van der Waals surface area (Å²) in [5.74, 6) is -0.279. The first-order chi connectivity index (χ1) is 16.8. The number of ether oxygens (including phenoxy) is 1. The van der Waals surface area contributed by atoms with E-state index in [1.54, 1.807) is 26.1 Å². The summed E-state index contributed by atoms with van der Waals surface area (Å²) < 4.78 is 12.1. The van der Waals surface area contributed by atoms with Crippen LogP contribution in [0.2, 0.25) is 0 Å². The highest BCUT2D eigenvalue weighted by Gasteiger charge is 2.34. The molecule has 13 nitrogen and oxygen atoms in total. The molecule has 4 aromatic heterocycles. The van der Waals surface area contributed by atoms with Crippen LogP contribution in [0.25, 0.3) is 16.2 Å². The van der Waals surface area contributed by atoms with Crippen molar-refractivity contribution in [2.45, 2.75) is 6.92 Å². The van der Waals surface area contributed by atoms with Gasteiger partial charge in [0.15, 0.2) is 11.5 Å². The second-order valence-electron chi connectivity index (χ2n) is 8.05. The van der Waals surface area contributed by atoms with E-state index in [0.717, 1.165) is 11.5 Å². The van der Waals surface area contributed by atoms with Gasteiger partial charge in [0.2, 0.25) is 22.3 Å². The van der Waals surface area contributed by atoms with Gasteiger partial charge < -0.3 is 20.1 Å². The third-order valence-electron chi connectivity index (χ3n) is 5.80. The molecular weight excluding hydrogens is 476 g/mol. The van der Waals surface area contributed by atoms with E-state index in [1.807, 2.05) is 4.90 Å². The number of nitrogens with zero attached hydrogens (tertiary/aromatic N) is 7. The Balaban J connectivity index is 1.43. The fourth-order valence-corrected chi connectivity index (χ4v) is 4.48. The number of carboxylic acid groups (broad SMARTS) is 1. The molecule has 0 saturated carbocycles. The van der Waals surface area contributed by atoms with Crippen molar-refractivity contribution < 1.29 is 19.4 Å². The maximum Gasteiger partial charge on any atom is 0.341 e.